The molecular formula is C22H32N4O2. The van der Waals surface area contributed by atoms with E-state index in [0.29, 0.717) is 12.3 Å². The summed E-state index contributed by atoms with van der Waals surface area (Å²) in [5.41, 5.74) is 7.40. The van der Waals surface area contributed by atoms with E-state index in [-0.39, 0.29) is 23.3 Å². The van der Waals surface area contributed by atoms with Gasteiger partial charge in [0.15, 0.2) is 0 Å². The predicted octanol–water partition coefficient (Wildman–Crippen LogP) is 1.98. The number of nitrogens with zero attached hydrogens (tertiary/aromatic N) is 3. The fourth-order valence-electron chi connectivity index (χ4n) is 5.23. The molecule has 0 aromatic carbocycles. The fraction of sp³-hybridized carbons (Fsp3) is 0.682. The first kappa shape index (κ1) is 19.4. The van der Waals surface area contributed by atoms with Gasteiger partial charge in [-0.1, -0.05) is 0 Å². The van der Waals surface area contributed by atoms with Gasteiger partial charge in [0.2, 0.25) is 11.8 Å². The van der Waals surface area contributed by atoms with Crippen molar-refractivity contribution in [1.29, 1.82) is 0 Å². The standard InChI is InChI=1S/C22H32N4O2/c23-19-2-1-18(15-19)21(28)25-13-8-22(9-14-25)7-3-20(27)26(16-22)12-6-17-4-10-24-11-5-17/h4-5,10-11,18-19H,1-3,6-9,12-16,23H2/t18-,19+/m1/s1. The van der Waals surface area contributed by atoms with Gasteiger partial charge in [-0.05, 0) is 68.1 Å². The van der Waals surface area contributed by atoms with Gasteiger partial charge in [0, 0.05) is 57.0 Å². The van der Waals surface area contributed by atoms with Crippen molar-refractivity contribution in [3.63, 3.8) is 0 Å². The molecule has 28 heavy (non-hydrogen) atoms. The lowest BCUT2D eigenvalue weighted by molar-refractivity contribution is -0.144. The van der Waals surface area contributed by atoms with Crippen LogP contribution in [0.4, 0.5) is 0 Å². The smallest absolute Gasteiger partial charge is 0.225 e. The second-order valence-electron chi connectivity index (χ2n) is 9.02. The molecule has 1 aliphatic carbocycles. The maximum Gasteiger partial charge on any atom is 0.225 e. The van der Waals surface area contributed by atoms with Crippen LogP contribution in [0, 0.1) is 11.3 Å². The van der Waals surface area contributed by atoms with Gasteiger partial charge in [0.1, 0.15) is 0 Å². The SMILES string of the molecule is N[C@H]1CC[C@@H](C(=O)N2CCC3(CCC(=O)N(CCc4ccncc4)C3)CC2)C1. The minimum absolute atomic E-state index is 0.133. The number of amides is 2. The zero-order chi connectivity index (χ0) is 19.6. The highest BCUT2D eigenvalue weighted by Crippen LogP contribution is 2.41. The molecule has 2 amide bonds. The number of rotatable bonds is 4. The number of carbonyl (C=O) groups excluding carboxylic acids is 2. The summed E-state index contributed by atoms with van der Waals surface area (Å²) in [5.74, 6) is 0.719. The Kier molecular flexibility index (Phi) is 5.67. The molecule has 6 heteroatoms. The van der Waals surface area contributed by atoms with E-state index in [1.807, 2.05) is 12.1 Å². The average molecular weight is 385 g/mol. The van der Waals surface area contributed by atoms with Gasteiger partial charge in [-0.15, -0.1) is 0 Å². The van der Waals surface area contributed by atoms with Crippen LogP contribution < -0.4 is 5.73 Å². The maximum atomic E-state index is 12.8. The molecule has 152 valence electrons. The Morgan fingerprint density at radius 3 is 2.61 bits per heavy atom. The molecule has 3 fully saturated rings. The number of carbonyl (C=O) groups is 2. The first-order valence-corrected chi connectivity index (χ1v) is 10.8. The van der Waals surface area contributed by atoms with Gasteiger partial charge < -0.3 is 15.5 Å². The minimum Gasteiger partial charge on any atom is -0.342 e. The highest BCUT2D eigenvalue weighted by molar-refractivity contribution is 5.79. The zero-order valence-electron chi connectivity index (χ0n) is 16.7. The molecule has 2 N–H and O–H groups in total. The topological polar surface area (TPSA) is 79.5 Å². The summed E-state index contributed by atoms with van der Waals surface area (Å²) in [6.07, 6.45) is 10.9. The number of piperidine rings is 2. The molecule has 1 aromatic rings. The van der Waals surface area contributed by atoms with Crippen LogP contribution in [-0.2, 0) is 16.0 Å². The lowest BCUT2D eigenvalue weighted by Crippen LogP contribution is -2.53. The molecular weight excluding hydrogens is 352 g/mol. The van der Waals surface area contributed by atoms with E-state index >= 15 is 0 Å². The van der Waals surface area contributed by atoms with E-state index in [2.05, 4.69) is 14.8 Å². The highest BCUT2D eigenvalue weighted by atomic mass is 16.2. The molecule has 2 atom stereocenters. The molecule has 0 radical (unpaired) electrons. The first-order chi connectivity index (χ1) is 13.5. The number of nitrogens with two attached hydrogens (primary N) is 1. The lowest BCUT2D eigenvalue weighted by atomic mass is 9.72. The number of hydrogen-bond acceptors (Lipinski definition) is 4. The van der Waals surface area contributed by atoms with E-state index in [0.717, 1.165) is 71.1 Å². The Bertz CT molecular complexity index is 700. The first-order valence-electron chi connectivity index (χ1n) is 10.8. The van der Waals surface area contributed by atoms with Gasteiger partial charge >= 0.3 is 0 Å². The van der Waals surface area contributed by atoms with Crippen molar-refractivity contribution in [2.45, 2.75) is 57.4 Å². The van der Waals surface area contributed by atoms with Crippen LogP contribution in [0.3, 0.4) is 0 Å². The third kappa shape index (κ3) is 4.22. The molecule has 0 bridgehead atoms. The Hall–Kier alpha value is -1.95. The number of aromatic nitrogens is 1. The Labute approximate surface area is 167 Å². The van der Waals surface area contributed by atoms with Crippen LogP contribution in [0.1, 0.15) is 50.5 Å². The van der Waals surface area contributed by atoms with Gasteiger partial charge in [-0.25, -0.2) is 0 Å². The van der Waals surface area contributed by atoms with Crippen molar-refractivity contribution in [1.82, 2.24) is 14.8 Å². The van der Waals surface area contributed by atoms with Crippen molar-refractivity contribution >= 4 is 11.8 Å². The van der Waals surface area contributed by atoms with E-state index < -0.39 is 0 Å². The molecule has 1 saturated carbocycles. The quantitative estimate of drug-likeness (QED) is 0.861. The number of likely N-dealkylation sites (tertiary alicyclic amines) is 2. The van der Waals surface area contributed by atoms with Crippen LogP contribution in [0.25, 0.3) is 0 Å². The molecule has 3 heterocycles. The van der Waals surface area contributed by atoms with Crippen molar-refractivity contribution in [3.05, 3.63) is 30.1 Å². The molecule has 2 saturated heterocycles. The molecule has 4 rings (SSSR count). The van der Waals surface area contributed by atoms with Crippen molar-refractivity contribution in [3.8, 4) is 0 Å². The minimum atomic E-state index is 0.133. The normalized spacial score (nSPS) is 27.4. The third-order valence-electron chi connectivity index (χ3n) is 7.13. The zero-order valence-corrected chi connectivity index (χ0v) is 16.7. The van der Waals surface area contributed by atoms with Crippen molar-refractivity contribution in [2.24, 2.45) is 17.1 Å². The summed E-state index contributed by atoms with van der Waals surface area (Å²) in [4.78, 5) is 33.4. The monoisotopic (exact) mass is 384 g/mol. The number of hydrogen-bond donors (Lipinski definition) is 1. The Morgan fingerprint density at radius 2 is 1.93 bits per heavy atom. The van der Waals surface area contributed by atoms with Crippen molar-refractivity contribution in [2.75, 3.05) is 26.2 Å². The van der Waals surface area contributed by atoms with Gasteiger partial charge in [0.25, 0.3) is 0 Å². The number of pyridine rings is 1. The third-order valence-corrected chi connectivity index (χ3v) is 7.13. The summed E-state index contributed by atoms with van der Waals surface area (Å²) in [5, 5.41) is 0. The molecule has 3 aliphatic rings. The molecule has 6 nitrogen and oxygen atoms in total. The van der Waals surface area contributed by atoms with Gasteiger partial charge in [-0.2, -0.15) is 0 Å². The Morgan fingerprint density at radius 1 is 1.18 bits per heavy atom. The lowest BCUT2D eigenvalue weighted by Gasteiger charge is -2.47. The van der Waals surface area contributed by atoms with Crippen LogP contribution in [0.2, 0.25) is 0 Å². The van der Waals surface area contributed by atoms with E-state index in [9.17, 15) is 9.59 Å². The summed E-state index contributed by atoms with van der Waals surface area (Å²) < 4.78 is 0. The van der Waals surface area contributed by atoms with Crippen LogP contribution in [0.5, 0.6) is 0 Å². The molecule has 1 aromatic heterocycles. The maximum absolute atomic E-state index is 12.8. The molecule has 2 aliphatic heterocycles. The summed E-state index contributed by atoms with van der Waals surface area (Å²) in [6.45, 7) is 3.27. The van der Waals surface area contributed by atoms with Gasteiger partial charge in [-0.3, -0.25) is 14.6 Å². The summed E-state index contributed by atoms with van der Waals surface area (Å²) in [7, 11) is 0. The molecule has 1 spiro atoms. The van der Waals surface area contributed by atoms with E-state index in [1.165, 1.54) is 5.56 Å². The highest BCUT2D eigenvalue weighted by Gasteiger charge is 2.42. The molecule has 0 unspecified atom stereocenters. The largest absolute Gasteiger partial charge is 0.342 e. The van der Waals surface area contributed by atoms with Gasteiger partial charge in [0.05, 0.1) is 0 Å². The van der Waals surface area contributed by atoms with Crippen LogP contribution in [0.15, 0.2) is 24.5 Å². The predicted molar refractivity (Wildman–Crippen MR) is 107 cm³/mol. The fourth-order valence-corrected chi connectivity index (χ4v) is 5.23. The Balaban J connectivity index is 1.31. The van der Waals surface area contributed by atoms with Crippen LogP contribution >= 0.6 is 0 Å². The second kappa shape index (κ2) is 8.19. The van der Waals surface area contributed by atoms with E-state index in [1.54, 1.807) is 12.4 Å². The second-order valence-corrected chi connectivity index (χ2v) is 9.02. The summed E-state index contributed by atoms with van der Waals surface area (Å²) in [6, 6.07) is 4.23. The van der Waals surface area contributed by atoms with Crippen molar-refractivity contribution < 1.29 is 9.59 Å². The van der Waals surface area contributed by atoms with Crippen LogP contribution in [-0.4, -0.2) is 58.8 Å². The van der Waals surface area contributed by atoms with E-state index in [4.69, 9.17) is 5.73 Å². The average Bonchev–Trinajstić information content (AvgIpc) is 3.16. The summed E-state index contributed by atoms with van der Waals surface area (Å²) >= 11 is 0.